The summed E-state index contributed by atoms with van der Waals surface area (Å²) >= 11 is 0. The number of aliphatic hydroxyl groups excluding tert-OH is 4. The first kappa shape index (κ1) is 42.7. The Morgan fingerprint density at radius 3 is 1.25 bits per heavy atom. The summed E-state index contributed by atoms with van der Waals surface area (Å²) in [6.07, 6.45) is -10.1. The first-order valence-electron chi connectivity index (χ1n) is 14.3. The Labute approximate surface area is 287 Å². The van der Waals surface area contributed by atoms with E-state index in [2.05, 4.69) is 9.47 Å². The van der Waals surface area contributed by atoms with Crippen molar-refractivity contribution in [2.24, 2.45) is 14.1 Å². The Bertz CT molecular complexity index is 1820. The van der Waals surface area contributed by atoms with E-state index in [1.807, 2.05) is 0 Å². The molecule has 2 fully saturated rings. The number of aliphatic hydroxyl groups is 4. The lowest BCUT2D eigenvalue weighted by molar-refractivity contribution is -0.150. The molecule has 2 aromatic rings. The lowest BCUT2D eigenvalue weighted by atomic mass is 10.1. The molecule has 2 aromatic heterocycles. The highest BCUT2D eigenvalue weighted by Crippen LogP contribution is 2.43. The van der Waals surface area contributed by atoms with Crippen molar-refractivity contribution in [2.75, 3.05) is 13.2 Å². The van der Waals surface area contributed by atoms with Crippen LogP contribution in [-0.2, 0) is 51.8 Å². The smallest absolute Gasteiger partial charge is 0.365 e. The van der Waals surface area contributed by atoms with E-state index in [0.717, 1.165) is 42.8 Å². The maximum absolute atomic E-state index is 12.1. The maximum Gasteiger partial charge on any atom is 0.365 e. The molecule has 26 nitrogen and oxygen atoms in total. The first-order chi connectivity index (χ1) is 23.9. The topological polar surface area (TPSA) is 396 Å². The zero-order valence-corrected chi connectivity index (χ0v) is 28.3. The van der Waals surface area contributed by atoms with Crippen molar-refractivity contribution in [3.05, 3.63) is 66.2 Å². The number of hydrogen-bond donors (Lipinski definition) is 10. The predicted octanol–water partition coefficient (Wildman–Crippen LogP) is -6.46. The van der Waals surface area contributed by atoms with Crippen LogP contribution in [0.15, 0.2) is 43.7 Å². The number of carboxylic acids is 2. The van der Waals surface area contributed by atoms with E-state index in [9.17, 15) is 58.3 Å². The Balaban J connectivity index is 0.000000280. The highest BCUT2D eigenvalue weighted by Gasteiger charge is 2.47. The fraction of sp³-hybridized carbons (Fsp3) is 0.583. The molecule has 10 N–H and O–H groups in total. The fourth-order valence-corrected chi connectivity index (χ4v) is 5.89. The summed E-state index contributed by atoms with van der Waals surface area (Å²) in [5.41, 5.74) is -2.89. The monoisotopic (exact) mass is 792 g/mol. The molecule has 28 heteroatoms. The molecule has 4 heterocycles. The quantitative estimate of drug-likeness (QED) is 0.0893. The van der Waals surface area contributed by atoms with Gasteiger partial charge in [-0.15, -0.1) is 0 Å². The molecule has 0 aliphatic carbocycles. The van der Waals surface area contributed by atoms with Crippen LogP contribution in [0.25, 0.3) is 0 Å². The van der Waals surface area contributed by atoms with Crippen LogP contribution >= 0.6 is 15.2 Å². The molecule has 0 spiro atoms. The van der Waals surface area contributed by atoms with Crippen LogP contribution in [0, 0.1) is 0 Å². The van der Waals surface area contributed by atoms with Crippen LogP contribution in [-0.4, -0.2) is 142 Å². The van der Waals surface area contributed by atoms with Gasteiger partial charge in [0.15, 0.2) is 12.5 Å². The normalized spacial score (nSPS) is 27.4. The standard InChI is InChI=1S/2C12H17N2O11P/c2*1-13-6(15)2-3-14(12(13)20)9-8(17)7(16)5(25-9)4-24-11(10(18)19)26(21,22)23/h2*2-3,5,7-9,11,16-17H,4H2,1H3,(H,18,19)(H2,21,22,23)/t5-,7-,8-,9-,11+;5-,7-,8-,9-,11-/m11/s1. The summed E-state index contributed by atoms with van der Waals surface area (Å²) < 4.78 is 45.1. The average Bonchev–Trinajstić information content (AvgIpc) is 3.47. The minimum absolute atomic E-state index is 0.606. The van der Waals surface area contributed by atoms with Gasteiger partial charge in [-0.05, 0) is 0 Å². The van der Waals surface area contributed by atoms with Crippen LogP contribution in [0.2, 0.25) is 0 Å². The van der Waals surface area contributed by atoms with Gasteiger partial charge in [-0.2, -0.15) is 0 Å². The SMILES string of the molecule is Cn1c(=O)ccn([C@@H]2O[C@H](CO[C@@H](C(=O)O)P(=O)(O)O)[C@@H](O)[C@H]2O)c1=O.Cn1c(=O)ccn([C@@H]2O[C@H](CO[C@H](C(=O)O)P(=O)(O)O)[C@@H](O)[C@H]2O)c1=O. The molecule has 2 saturated heterocycles. The first-order valence-corrected chi connectivity index (χ1v) is 17.6. The summed E-state index contributed by atoms with van der Waals surface area (Å²) in [5, 5.41) is 57.6. The molecule has 2 aliphatic rings. The second kappa shape index (κ2) is 16.5. The highest BCUT2D eigenvalue weighted by atomic mass is 31.2. The molecule has 4 rings (SSSR count). The zero-order valence-electron chi connectivity index (χ0n) is 26.6. The minimum Gasteiger partial charge on any atom is -0.479 e. The van der Waals surface area contributed by atoms with E-state index in [0.29, 0.717) is 0 Å². The number of rotatable bonds is 12. The summed E-state index contributed by atoms with van der Waals surface area (Å²) in [6.45, 7) is -1.56. The summed E-state index contributed by atoms with van der Waals surface area (Å²) in [4.78, 5) is 104. The number of hydrogen-bond acceptors (Lipinski definition) is 16. The van der Waals surface area contributed by atoms with Crippen LogP contribution in [0.1, 0.15) is 12.5 Å². The molecule has 10 atom stereocenters. The van der Waals surface area contributed by atoms with Crippen molar-refractivity contribution in [1.29, 1.82) is 0 Å². The summed E-state index contributed by atoms with van der Waals surface area (Å²) in [7, 11) is -7.88. The van der Waals surface area contributed by atoms with Crippen molar-refractivity contribution in [2.45, 2.75) is 60.8 Å². The van der Waals surface area contributed by atoms with Crippen LogP contribution < -0.4 is 22.5 Å². The second-order valence-electron chi connectivity index (χ2n) is 11.1. The van der Waals surface area contributed by atoms with Crippen molar-refractivity contribution in [3.63, 3.8) is 0 Å². The molecule has 292 valence electrons. The second-order valence-corrected chi connectivity index (χ2v) is 14.4. The van der Waals surface area contributed by atoms with E-state index >= 15 is 0 Å². The van der Waals surface area contributed by atoms with E-state index in [4.69, 9.17) is 39.3 Å². The molecule has 0 radical (unpaired) electrons. The largest absolute Gasteiger partial charge is 0.479 e. The maximum atomic E-state index is 12.1. The molecule has 0 bridgehead atoms. The molecule has 0 amide bonds. The van der Waals surface area contributed by atoms with E-state index < -0.39 is 124 Å². The van der Waals surface area contributed by atoms with Crippen molar-refractivity contribution < 1.29 is 87.9 Å². The van der Waals surface area contributed by atoms with Crippen molar-refractivity contribution in [3.8, 4) is 0 Å². The molecular weight excluding hydrogens is 758 g/mol. The van der Waals surface area contributed by atoms with Gasteiger partial charge in [0.2, 0.25) is 0 Å². The summed E-state index contributed by atoms with van der Waals surface area (Å²) in [5.74, 6) is -8.79. The molecule has 0 unspecified atom stereocenters. The summed E-state index contributed by atoms with van der Waals surface area (Å²) in [6, 6.07) is 2.06. The number of aromatic nitrogens is 4. The van der Waals surface area contributed by atoms with Gasteiger partial charge in [0.05, 0.1) is 13.2 Å². The van der Waals surface area contributed by atoms with Crippen LogP contribution in [0.5, 0.6) is 0 Å². The molecule has 0 saturated carbocycles. The lowest BCUT2D eigenvalue weighted by Crippen LogP contribution is -2.41. The van der Waals surface area contributed by atoms with Gasteiger partial charge in [0.1, 0.15) is 36.6 Å². The Morgan fingerprint density at radius 1 is 0.673 bits per heavy atom. The van der Waals surface area contributed by atoms with Gasteiger partial charge >= 0.3 is 38.5 Å². The van der Waals surface area contributed by atoms with Crippen LogP contribution in [0.3, 0.4) is 0 Å². The highest BCUT2D eigenvalue weighted by molar-refractivity contribution is 7.53. The third-order valence-electron chi connectivity index (χ3n) is 7.53. The minimum atomic E-state index is -5.13. The van der Waals surface area contributed by atoms with Gasteiger partial charge in [-0.3, -0.25) is 37.0 Å². The van der Waals surface area contributed by atoms with E-state index in [-0.39, 0.29) is 0 Å². The van der Waals surface area contributed by atoms with Crippen LogP contribution in [0.4, 0.5) is 0 Å². The van der Waals surface area contributed by atoms with Gasteiger partial charge in [0.25, 0.3) is 22.8 Å². The van der Waals surface area contributed by atoms with Gasteiger partial charge in [0, 0.05) is 38.6 Å². The third-order valence-corrected chi connectivity index (χ3v) is 9.49. The van der Waals surface area contributed by atoms with Gasteiger partial charge in [-0.25, -0.2) is 19.2 Å². The average molecular weight is 792 g/mol. The van der Waals surface area contributed by atoms with Gasteiger partial charge in [-0.1, -0.05) is 0 Å². The third kappa shape index (κ3) is 9.44. The molecular formula is C24H34N4O22P2. The fourth-order valence-electron chi connectivity index (χ4n) is 4.75. The van der Waals surface area contributed by atoms with Crippen molar-refractivity contribution in [1.82, 2.24) is 18.3 Å². The Hall–Kier alpha value is -3.72. The number of carbonyl (C=O) groups is 2. The number of nitrogens with zero attached hydrogens (tertiary/aromatic N) is 4. The lowest BCUT2D eigenvalue weighted by Gasteiger charge is -2.19. The Kier molecular flexibility index (Phi) is 13.6. The Morgan fingerprint density at radius 2 is 0.981 bits per heavy atom. The van der Waals surface area contributed by atoms with E-state index in [1.54, 1.807) is 0 Å². The van der Waals surface area contributed by atoms with Gasteiger partial charge < -0.3 is 69.2 Å². The molecule has 52 heavy (non-hydrogen) atoms. The molecule has 2 aliphatic heterocycles. The number of carboxylic acid groups (broad SMARTS) is 2. The van der Waals surface area contributed by atoms with E-state index in [1.165, 1.54) is 14.1 Å². The van der Waals surface area contributed by atoms with Crippen molar-refractivity contribution >= 4 is 27.1 Å². The zero-order chi connectivity index (χ0) is 39.6. The molecule has 0 aromatic carbocycles. The number of ether oxygens (including phenoxy) is 4. The predicted molar refractivity (Wildman–Crippen MR) is 163 cm³/mol. The number of aliphatic carboxylic acids is 2.